The number of aliphatic hydroxyl groups excluding tert-OH is 4. The van der Waals surface area contributed by atoms with E-state index in [2.05, 4.69) is 0 Å². The Labute approximate surface area is 177 Å². The van der Waals surface area contributed by atoms with Gasteiger partial charge in [0, 0.05) is 48.7 Å². The van der Waals surface area contributed by atoms with Crippen LogP contribution in [0.1, 0.15) is 11.1 Å². The van der Waals surface area contributed by atoms with Crippen LogP contribution in [0.4, 0.5) is 11.4 Å². The third-order valence-corrected chi connectivity index (χ3v) is 4.52. The number of rotatable bonds is 12. The Bertz CT molecular complexity index is 652. The van der Waals surface area contributed by atoms with E-state index in [1.54, 1.807) is 0 Å². The molecule has 0 saturated carbocycles. The van der Waals surface area contributed by atoms with E-state index in [1.807, 2.05) is 58.3 Å². The molecular weight excluding hydrogens is 394 g/mol. The molecule has 0 saturated heterocycles. The lowest BCUT2D eigenvalue weighted by molar-refractivity contribution is 0.280. The van der Waals surface area contributed by atoms with Gasteiger partial charge in [-0.25, -0.2) is 0 Å². The number of nitrogens with one attached hydrogen (secondary N) is 1. The molecule has 0 spiro atoms. The second-order valence-electron chi connectivity index (χ2n) is 6.34. The summed E-state index contributed by atoms with van der Waals surface area (Å²) in [6.45, 7) is 1.80. The van der Waals surface area contributed by atoms with Crippen molar-refractivity contribution in [2.45, 2.75) is 0 Å². The molecule has 2 rings (SSSR count). The normalized spacial score (nSPS) is 10.3. The molecule has 0 aliphatic heterocycles. The molecule has 0 radical (unpaired) electrons. The maximum atomic E-state index is 9.16. The van der Waals surface area contributed by atoms with Gasteiger partial charge in [-0.2, -0.15) is 0 Å². The Hall–Kier alpha value is -2.16. The van der Waals surface area contributed by atoms with E-state index in [0.29, 0.717) is 31.9 Å². The molecule has 2 aromatic carbocycles. The minimum absolute atomic E-state index is 0. The van der Waals surface area contributed by atoms with Gasteiger partial charge in [-0.3, -0.25) is 5.41 Å². The van der Waals surface area contributed by atoms with E-state index in [4.69, 9.17) is 25.8 Å². The molecule has 0 fully saturated rings. The summed E-state index contributed by atoms with van der Waals surface area (Å²) in [5.41, 5.74) is 3.71. The van der Waals surface area contributed by atoms with Crippen LogP contribution in [0.2, 0.25) is 0 Å². The lowest BCUT2D eigenvalue weighted by Gasteiger charge is -2.23. The second kappa shape index (κ2) is 13.1. The molecule has 5 N–H and O–H groups in total. The molecule has 0 atom stereocenters. The van der Waals surface area contributed by atoms with E-state index >= 15 is 0 Å². The average molecular weight is 424 g/mol. The van der Waals surface area contributed by atoms with Crippen molar-refractivity contribution in [1.29, 1.82) is 5.41 Å². The zero-order chi connectivity index (χ0) is 20.4. The second-order valence-corrected chi connectivity index (χ2v) is 6.34. The summed E-state index contributed by atoms with van der Waals surface area (Å²) in [4.78, 5) is 3.78. The molecule has 29 heavy (non-hydrogen) atoms. The smallest absolute Gasteiger partial charge is 0.0684 e. The van der Waals surface area contributed by atoms with Gasteiger partial charge in [-0.15, -0.1) is 12.4 Å². The van der Waals surface area contributed by atoms with Crippen LogP contribution in [0.25, 0.3) is 0 Å². The van der Waals surface area contributed by atoms with Gasteiger partial charge in [-0.05, 0) is 24.3 Å². The zero-order valence-electron chi connectivity index (χ0n) is 16.4. The van der Waals surface area contributed by atoms with E-state index < -0.39 is 0 Å². The van der Waals surface area contributed by atoms with Gasteiger partial charge in [0.05, 0.1) is 32.1 Å². The third-order valence-electron chi connectivity index (χ3n) is 4.52. The highest BCUT2D eigenvalue weighted by molar-refractivity contribution is 6.11. The Kier molecular flexibility index (Phi) is 11.3. The van der Waals surface area contributed by atoms with E-state index in [-0.39, 0.29) is 38.8 Å². The minimum Gasteiger partial charge on any atom is -0.395 e. The monoisotopic (exact) mass is 423 g/mol. The van der Waals surface area contributed by atoms with Crippen LogP contribution in [0, 0.1) is 5.41 Å². The molecule has 0 aliphatic carbocycles. The molecule has 0 aliphatic rings. The first-order valence-electron chi connectivity index (χ1n) is 9.37. The van der Waals surface area contributed by atoms with E-state index in [0.717, 1.165) is 22.5 Å². The van der Waals surface area contributed by atoms with Crippen molar-refractivity contribution >= 4 is 29.5 Å². The van der Waals surface area contributed by atoms with Crippen molar-refractivity contribution < 1.29 is 20.4 Å². The number of nitrogens with zero attached hydrogens (tertiary/aromatic N) is 2. The van der Waals surface area contributed by atoms with Crippen molar-refractivity contribution in [3.63, 3.8) is 0 Å². The highest BCUT2D eigenvalue weighted by Gasteiger charge is 2.10. The Morgan fingerprint density at radius 1 is 0.586 bits per heavy atom. The Morgan fingerprint density at radius 3 is 1.10 bits per heavy atom. The molecule has 0 bridgehead atoms. The highest BCUT2D eigenvalue weighted by atomic mass is 35.5. The number of halogens is 1. The van der Waals surface area contributed by atoms with Gasteiger partial charge in [0.15, 0.2) is 0 Å². The molecular formula is C21H30ClN3O4. The Balaban J connectivity index is 0.00000420. The maximum absolute atomic E-state index is 9.16. The summed E-state index contributed by atoms with van der Waals surface area (Å²) in [7, 11) is 0. The van der Waals surface area contributed by atoms with Crippen molar-refractivity contribution in [3.8, 4) is 0 Å². The highest BCUT2D eigenvalue weighted by Crippen LogP contribution is 2.20. The number of hydrogen-bond acceptors (Lipinski definition) is 7. The quantitative estimate of drug-likeness (QED) is 0.327. The summed E-state index contributed by atoms with van der Waals surface area (Å²) in [5, 5.41) is 45.1. The fourth-order valence-corrected chi connectivity index (χ4v) is 3.07. The van der Waals surface area contributed by atoms with E-state index in [1.165, 1.54) is 0 Å². The minimum atomic E-state index is 0. The Morgan fingerprint density at radius 2 is 0.862 bits per heavy atom. The standard InChI is InChI=1S/C21H29N3O4.ClH/c22-21(17-1-5-19(6-2-17)23(9-13-25)10-14-26)18-3-7-20(8-4-18)24(11-15-27)12-16-28;/h1-8,22,25-28H,9-16H2;1H. The van der Waals surface area contributed by atoms with Crippen molar-refractivity contribution in [3.05, 3.63) is 59.7 Å². The van der Waals surface area contributed by atoms with Crippen LogP contribution in [0.15, 0.2) is 48.5 Å². The fraction of sp³-hybridized carbons (Fsp3) is 0.381. The zero-order valence-corrected chi connectivity index (χ0v) is 17.2. The largest absolute Gasteiger partial charge is 0.395 e. The topological polar surface area (TPSA) is 111 Å². The predicted molar refractivity (Wildman–Crippen MR) is 119 cm³/mol. The van der Waals surface area contributed by atoms with Gasteiger partial charge < -0.3 is 30.2 Å². The van der Waals surface area contributed by atoms with Gasteiger partial charge in [-0.1, -0.05) is 24.3 Å². The molecule has 8 heteroatoms. The lowest BCUT2D eigenvalue weighted by atomic mass is 10.0. The van der Waals surface area contributed by atoms with Crippen LogP contribution >= 0.6 is 12.4 Å². The predicted octanol–water partition coefficient (Wildman–Crippen LogP) is 1.11. The molecule has 0 aromatic heterocycles. The van der Waals surface area contributed by atoms with Crippen molar-refractivity contribution in [2.75, 3.05) is 62.4 Å². The van der Waals surface area contributed by atoms with Gasteiger partial charge >= 0.3 is 0 Å². The molecule has 7 nitrogen and oxygen atoms in total. The lowest BCUT2D eigenvalue weighted by Crippen LogP contribution is -2.29. The van der Waals surface area contributed by atoms with Gasteiger partial charge in [0.25, 0.3) is 0 Å². The SMILES string of the molecule is Cl.N=C(c1ccc(N(CCO)CCO)cc1)c1ccc(N(CCO)CCO)cc1. The number of anilines is 2. The summed E-state index contributed by atoms with van der Waals surface area (Å²) >= 11 is 0. The number of benzene rings is 2. The molecule has 160 valence electrons. The van der Waals surface area contributed by atoms with Crippen LogP contribution in [-0.4, -0.2) is 78.7 Å². The number of hydrogen-bond donors (Lipinski definition) is 5. The first-order chi connectivity index (χ1) is 13.6. The van der Waals surface area contributed by atoms with Crippen LogP contribution in [0.5, 0.6) is 0 Å². The molecule has 0 unspecified atom stereocenters. The summed E-state index contributed by atoms with van der Waals surface area (Å²) < 4.78 is 0. The first-order valence-corrected chi connectivity index (χ1v) is 9.37. The van der Waals surface area contributed by atoms with Crippen molar-refractivity contribution in [1.82, 2.24) is 0 Å². The van der Waals surface area contributed by atoms with Crippen molar-refractivity contribution in [2.24, 2.45) is 0 Å². The van der Waals surface area contributed by atoms with E-state index in [9.17, 15) is 0 Å². The number of aliphatic hydroxyl groups is 4. The van der Waals surface area contributed by atoms with Gasteiger partial charge in [0.2, 0.25) is 0 Å². The van der Waals surface area contributed by atoms with Crippen LogP contribution in [-0.2, 0) is 0 Å². The molecule has 2 aromatic rings. The van der Waals surface area contributed by atoms with Crippen LogP contribution < -0.4 is 9.80 Å². The molecule has 0 heterocycles. The van der Waals surface area contributed by atoms with Gasteiger partial charge in [0.1, 0.15) is 0 Å². The summed E-state index contributed by atoms with van der Waals surface area (Å²) in [6, 6.07) is 15.0. The summed E-state index contributed by atoms with van der Waals surface area (Å²) in [5.74, 6) is 0. The van der Waals surface area contributed by atoms with Crippen LogP contribution in [0.3, 0.4) is 0 Å². The maximum Gasteiger partial charge on any atom is 0.0684 e. The first kappa shape index (κ1) is 24.9. The molecule has 0 amide bonds. The summed E-state index contributed by atoms with van der Waals surface area (Å²) in [6.07, 6.45) is 0. The fourth-order valence-electron chi connectivity index (χ4n) is 3.07. The average Bonchev–Trinajstić information content (AvgIpc) is 2.73. The third kappa shape index (κ3) is 6.99.